The van der Waals surface area contributed by atoms with Crippen LogP contribution in [-0.4, -0.2) is 30.5 Å². The van der Waals surface area contributed by atoms with E-state index in [2.05, 4.69) is 20.2 Å². The number of hydrogen-bond acceptors (Lipinski definition) is 7. The van der Waals surface area contributed by atoms with Crippen LogP contribution in [0.4, 0.5) is 11.4 Å². The fourth-order valence-corrected chi connectivity index (χ4v) is 2.41. The highest BCUT2D eigenvalue weighted by atomic mass is 32.2. The Balaban J connectivity index is 2.27. The Bertz CT molecular complexity index is 614. The molecule has 1 heterocycles. The van der Waals surface area contributed by atoms with Gasteiger partial charge in [-0.2, -0.15) is 5.11 Å². The Kier molecular flexibility index (Phi) is 5.07. The van der Waals surface area contributed by atoms with Crippen molar-refractivity contribution in [3.8, 4) is 11.8 Å². The van der Waals surface area contributed by atoms with Gasteiger partial charge in [0.25, 0.3) is 11.8 Å². The first-order chi connectivity index (χ1) is 10.1. The zero-order valence-electron chi connectivity index (χ0n) is 11.3. The van der Waals surface area contributed by atoms with Gasteiger partial charge < -0.3 is 14.8 Å². The number of rotatable bonds is 5. The van der Waals surface area contributed by atoms with E-state index in [9.17, 15) is 14.8 Å². The van der Waals surface area contributed by atoms with Crippen molar-refractivity contribution in [2.45, 2.75) is 18.5 Å². The normalized spacial score (nSPS) is 12.7. The lowest BCUT2D eigenvalue weighted by Crippen LogP contribution is -2.10. The SMILES string of the molecule is CCC[S+]([O-])c1nc(O)c(N=Nc2ccccc2)c(O)n1. The summed E-state index contributed by atoms with van der Waals surface area (Å²) in [6.45, 7) is 1.86. The summed E-state index contributed by atoms with van der Waals surface area (Å²) in [6.07, 6.45) is 0.674. The van der Waals surface area contributed by atoms with E-state index in [4.69, 9.17) is 0 Å². The second-order valence-corrected chi connectivity index (χ2v) is 5.55. The molecule has 7 nitrogen and oxygen atoms in total. The molecule has 0 saturated heterocycles. The molecule has 0 saturated carbocycles. The van der Waals surface area contributed by atoms with E-state index in [1.54, 1.807) is 24.3 Å². The molecule has 0 radical (unpaired) electrons. The van der Waals surface area contributed by atoms with Crippen LogP contribution in [0.3, 0.4) is 0 Å². The van der Waals surface area contributed by atoms with Crippen LogP contribution in [0.5, 0.6) is 11.8 Å². The summed E-state index contributed by atoms with van der Waals surface area (Å²) < 4.78 is 11.7. The molecule has 0 aliphatic heterocycles. The van der Waals surface area contributed by atoms with E-state index >= 15 is 0 Å². The van der Waals surface area contributed by atoms with Gasteiger partial charge in [-0.15, -0.1) is 15.1 Å². The topological polar surface area (TPSA) is 114 Å². The predicted octanol–water partition coefficient (Wildman–Crippen LogP) is 2.82. The fraction of sp³-hybridized carbons (Fsp3) is 0.231. The third-order valence-electron chi connectivity index (χ3n) is 2.44. The minimum atomic E-state index is -1.47. The first-order valence-corrected chi connectivity index (χ1v) is 7.59. The summed E-state index contributed by atoms with van der Waals surface area (Å²) in [5.41, 5.74) is 0.297. The molecule has 1 aromatic carbocycles. The van der Waals surface area contributed by atoms with Crippen LogP contribution in [0.1, 0.15) is 13.3 Å². The molecule has 0 aliphatic carbocycles. The van der Waals surface area contributed by atoms with Crippen molar-refractivity contribution in [3.05, 3.63) is 30.3 Å². The second-order valence-electron chi connectivity index (χ2n) is 4.09. The minimum Gasteiger partial charge on any atom is -0.609 e. The van der Waals surface area contributed by atoms with Crippen molar-refractivity contribution in [3.63, 3.8) is 0 Å². The fourth-order valence-electron chi connectivity index (χ4n) is 1.48. The molecule has 0 fully saturated rings. The second kappa shape index (κ2) is 7.00. The van der Waals surface area contributed by atoms with E-state index in [0.717, 1.165) is 0 Å². The molecular formula is C13H14N4O3S. The predicted molar refractivity (Wildman–Crippen MR) is 77.5 cm³/mol. The van der Waals surface area contributed by atoms with Gasteiger partial charge in [0.1, 0.15) is 5.75 Å². The van der Waals surface area contributed by atoms with E-state index in [1.807, 2.05) is 13.0 Å². The van der Waals surface area contributed by atoms with Crippen molar-refractivity contribution in [1.82, 2.24) is 9.97 Å². The van der Waals surface area contributed by atoms with Gasteiger partial charge in [-0.3, -0.25) is 0 Å². The van der Waals surface area contributed by atoms with Gasteiger partial charge in [0, 0.05) is 11.2 Å². The Morgan fingerprint density at radius 1 is 1.10 bits per heavy atom. The summed E-state index contributed by atoms with van der Waals surface area (Å²) >= 11 is -1.47. The van der Waals surface area contributed by atoms with Crippen LogP contribution in [-0.2, 0) is 11.2 Å². The summed E-state index contributed by atoms with van der Waals surface area (Å²) in [4.78, 5) is 7.39. The zero-order valence-corrected chi connectivity index (χ0v) is 12.1. The van der Waals surface area contributed by atoms with Gasteiger partial charge >= 0.3 is 5.16 Å². The van der Waals surface area contributed by atoms with Crippen LogP contribution in [0.15, 0.2) is 45.7 Å². The number of aromatic nitrogens is 2. The lowest BCUT2D eigenvalue weighted by atomic mass is 10.3. The van der Waals surface area contributed by atoms with Gasteiger partial charge in [-0.1, -0.05) is 25.1 Å². The molecule has 0 aliphatic rings. The lowest BCUT2D eigenvalue weighted by molar-refractivity contribution is 0.411. The van der Waals surface area contributed by atoms with Crippen molar-refractivity contribution in [2.75, 3.05) is 5.75 Å². The molecular weight excluding hydrogens is 292 g/mol. The molecule has 0 spiro atoms. The van der Waals surface area contributed by atoms with Crippen LogP contribution in [0, 0.1) is 0 Å². The molecule has 0 bridgehead atoms. The molecule has 8 heteroatoms. The Hall–Kier alpha value is -2.19. The minimum absolute atomic E-state index is 0.120. The molecule has 110 valence electrons. The Labute approximate surface area is 124 Å². The zero-order chi connectivity index (χ0) is 15.2. The monoisotopic (exact) mass is 306 g/mol. The number of benzene rings is 1. The van der Waals surface area contributed by atoms with Crippen molar-refractivity contribution < 1.29 is 14.8 Å². The van der Waals surface area contributed by atoms with Crippen molar-refractivity contribution in [1.29, 1.82) is 0 Å². The Morgan fingerprint density at radius 2 is 1.71 bits per heavy atom. The average Bonchev–Trinajstić information content (AvgIpc) is 2.47. The first-order valence-electron chi connectivity index (χ1n) is 6.27. The quantitative estimate of drug-likeness (QED) is 0.501. The number of azo groups is 1. The third-order valence-corrected chi connectivity index (χ3v) is 3.81. The summed E-state index contributed by atoms with van der Waals surface area (Å²) in [7, 11) is 0. The molecule has 2 aromatic rings. The Morgan fingerprint density at radius 3 is 2.29 bits per heavy atom. The molecule has 2 N–H and O–H groups in total. The molecule has 1 atom stereocenters. The smallest absolute Gasteiger partial charge is 0.349 e. The highest BCUT2D eigenvalue weighted by Crippen LogP contribution is 2.34. The average molecular weight is 306 g/mol. The van der Waals surface area contributed by atoms with Crippen molar-refractivity contribution in [2.24, 2.45) is 10.2 Å². The van der Waals surface area contributed by atoms with Gasteiger partial charge in [-0.05, 0) is 18.6 Å². The van der Waals surface area contributed by atoms with E-state index < -0.39 is 22.9 Å². The standard InChI is InChI=1S/C13H14N4O3S/c1-2-8-21(20)13-14-11(18)10(12(19)15-13)17-16-9-6-4-3-5-7-9/h3-7H,2,8H2,1H3,(H2,14,15,18,19). The molecule has 2 rings (SSSR count). The molecule has 0 amide bonds. The summed E-state index contributed by atoms with van der Waals surface area (Å²) in [5, 5.41) is 27.0. The van der Waals surface area contributed by atoms with Crippen LogP contribution in [0.2, 0.25) is 0 Å². The van der Waals surface area contributed by atoms with Gasteiger partial charge in [0.2, 0.25) is 5.69 Å². The largest absolute Gasteiger partial charge is 0.609 e. The van der Waals surface area contributed by atoms with Crippen LogP contribution >= 0.6 is 0 Å². The maximum Gasteiger partial charge on any atom is 0.349 e. The van der Waals surface area contributed by atoms with E-state index in [1.165, 1.54) is 0 Å². The molecule has 1 aromatic heterocycles. The van der Waals surface area contributed by atoms with Crippen molar-refractivity contribution >= 4 is 22.6 Å². The summed E-state index contributed by atoms with van der Waals surface area (Å²) in [6, 6.07) is 8.81. The van der Waals surface area contributed by atoms with E-state index in [0.29, 0.717) is 17.9 Å². The number of aromatic hydroxyl groups is 2. The highest BCUT2D eigenvalue weighted by Gasteiger charge is 2.21. The first kappa shape index (κ1) is 15.2. The van der Waals surface area contributed by atoms with Gasteiger partial charge in [0.15, 0.2) is 0 Å². The third kappa shape index (κ3) is 3.89. The number of hydrogen-bond donors (Lipinski definition) is 2. The maximum atomic E-state index is 11.7. The van der Waals surface area contributed by atoms with E-state index in [-0.39, 0.29) is 10.8 Å². The summed E-state index contributed by atoms with van der Waals surface area (Å²) in [5.74, 6) is -0.757. The lowest BCUT2D eigenvalue weighted by Gasteiger charge is -2.08. The van der Waals surface area contributed by atoms with Gasteiger partial charge in [0.05, 0.1) is 5.69 Å². The molecule has 21 heavy (non-hydrogen) atoms. The highest BCUT2D eigenvalue weighted by molar-refractivity contribution is 7.91. The molecule has 1 unspecified atom stereocenters. The number of nitrogens with zero attached hydrogens (tertiary/aromatic N) is 4. The van der Waals surface area contributed by atoms with Gasteiger partial charge in [-0.25, -0.2) is 0 Å². The van der Waals surface area contributed by atoms with Crippen LogP contribution < -0.4 is 0 Å². The maximum absolute atomic E-state index is 11.7. The van der Waals surface area contributed by atoms with Crippen LogP contribution in [0.25, 0.3) is 0 Å².